The van der Waals surface area contributed by atoms with Crippen molar-refractivity contribution < 1.29 is 9.90 Å². The van der Waals surface area contributed by atoms with E-state index in [0.717, 1.165) is 24.3 Å². The molecule has 0 unspecified atom stereocenters. The second-order valence-corrected chi connectivity index (χ2v) is 9.92. The number of rotatable bonds is 7. The molecule has 152 valence electrons. The third-order valence-corrected chi connectivity index (χ3v) is 7.47. The molecule has 0 spiro atoms. The summed E-state index contributed by atoms with van der Waals surface area (Å²) in [6, 6.07) is 0. The molecule has 0 aliphatic heterocycles. The summed E-state index contributed by atoms with van der Waals surface area (Å²) in [5.74, 6) is -0.0674. The average Bonchev–Trinajstić information content (AvgIpc) is 2.52. The van der Waals surface area contributed by atoms with E-state index in [1.807, 2.05) is 6.92 Å². The molecule has 3 atom stereocenters. The Bertz CT molecular complexity index is 647. The van der Waals surface area contributed by atoms with E-state index in [9.17, 15) is 4.79 Å². The first-order chi connectivity index (χ1) is 12.6. The van der Waals surface area contributed by atoms with E-state index in [4.69, 9.17) is 5.11 Å². The molecule has 2 nitrogen and oxygen atoms in total. The second-order valence-electron chi connectivity index (χ2n) is 9.92. The monoisotopic (exact) mass is 372 g/mol. The number of allylic oxidation sites excluding steroid dienone is 5. The Balaban J connectivity index is 2.22. The number of fused-ring (bicyclic) bond motifs is 1. The van der Waals surface area contributed by atoms with Crippen molar-refractivity contribution in [1.82, 2.24) is 0 Å². The highest BCUT2D eigenvalue weighted by molar-refractivity contribution is 5.80. The highest BCUT2D eigenvalue weighted by atomic mass is 16.4. The minimum Gasteiger partial charge on any atom is -0.478 e. The van der Waals surface area contributed by atoms with E-state index in [0.29, 0.717) is 10.8 Å². The van der Waals surface area contributed by atoms with E-state index in [1.54, 1.807) is 11.1 Å². The molecule has 2 aliphatic rings. The zero-order valence-corrected chi connectivity index (χ0v) is 18.5. The summed E-state index contributed by atoms with van der Waals surface area (Å²) in [5, 5.41) is 9.01. The maximum atomic E-state index is 11.0. The molecule has 0 aromatic rings. The highest BCUT2D eigenvalue weighted by Gasteiger charge is 2.51. The van der Waals surface area contributed by atoms with Crippen LogP contribution in [0.4, 0.5) is 0 Å². The van der Waals surface area contributed by atoms with Crippen LogP contribution in [0.3, 0.4) is 0 Å². The molecule has 27 heavy (non-hydrogen) atoms. The predicted octanol–water partition coefficient (Wildman–Crippen LogP) is 7.47. The molecule has 2 aliphatic carbocycles. The standard InChI is InChI=1S/C25H40O2/c1-18(2)9-7-14-24(5)15-8-16-25(6)21(20(4)11-13-22(24)25)12-10-19(3)17-23(26)27/h9,17,22H,7-8,10-16H2,1-6H3,(H,26,27)/b19-17+/t22-,24-,25+/m0/s1. The predicted molar refractivity (Wildman–Crippen MR) is 115 cm³/mol. The van der Waals surface area contributed by atoms with Gasteiger partial charge in [0.05, 0.1) is 0 Å². The molecule has 2 heteroatoms. The Morgan fingerprint density at radius 3 is 2.56 bits per heavy atom. The van der Waals surface area contributed by atoms with Crippen LogP contribution in [0.1, 0.15) is 99.3 Å². The van der Waals surface area contributed by atoms with E-state index in [2.05, 4.69) is 40.7 Å². The Morgan fingerprint density at radius 1 is 1.22 bits per heavy atom. The van der Waals surface area contributed by atoms with Gasteiger partial charge < -0.3 is 5.11 Å². The van der Waals surface area contributed by atoms with Gasteiger partial charge in [-0.05, 0) is 95.8 Å². The van der Waals surface area contributed by atoms with Crippen molar-refractivity contribution in [3.05, 3.63) is 34.4 Å². The van der Waals surface area contributed by atoms with Gasteiger partial charge in [-0.25, -0.2) is 4.79 Å². The fourth-order valence-electron chi connectivity index (χ4n) is 6.10. The van der Waals surface area contributed by atoms with Crippen molar-refractivity contribution in [1.29, 1.82) is 0 Å². The summed E-state index contributed by atoms with van der Waals surface area (Å²) in [4.78, 5) is 11.0. The summed E-state index contributed by atoms with van der Waals surface area (Å²) < 4.78 is 0. The van der Waals surface area contributed by atoms with E-state index in [-0.39, 0.29) is 0 Å². The molecule has 0 heterocycles. The lowest BCUT2D eigenvalue weighted by atomic mass is 9.48. The van der Waals surface area contributed by atoms with Crippen LogP contribution in [0.15, 0.2) is 34.4 Å². The summed E-state index contributed by atoms with van der Waals surface area (Å²) in [5.41, 5.74) is 6.35. The maximum absolute atomic E-state index is 11.0. The highest BCUT2D eigenvalue weighted by Crippen LogP contribution is 2.61. The van der Waals surface area contributed by atoms with E-state index in [1.165, 1.54) is 56.6 Å². The number of carboxylic acid groups (broad SMARTS) is 1. The first kappa shape index (κ1) is 22.0. The van der Waals surface area contributed by atoms with Crippen molar-refractivity contribution in [2.45, 2.75) is 99.3 Å². The summed E-state index contributed by atoms with van der Waals surface area (Å²) in [7, 11) is 0. The summed E-state index contributed by atoms with van der Waals surface area (Å²) in [6.07, 6.45) is 14.7. The summed E-state index contributed by atoms with van der Waals surface area (Å²) in [6.45, 7) is 13.7. The molecule has 0 bridgehead atoms. The lowest BCUT2D eigenvalue weighted by Crippen LogP contribution is -2.46. The van der Waals surface area contributed by atoms with Crippen molar-refractivity contribution in [2.24, 2.45) is 16.7 Å². The number of hydrogen-bond donors (Lipinski definition) is 1. The minimum absolute atomic E-state index is 0.295. The molecule has 1 N–H and O–H groups in total. The third-order valence-electron chi connectivity index (χ3n) is 7.47. The molecule has 0 saturated heterocycles. The van der Waals surface area contributed by atoms with Crippen LogP contribution in [0.25, 0.3) is 0 Å². The number of hydrogen-bond acceptors (Lipinski definition) is 1. The van der Waals surface area contributed by atoms with Crippen LogP contribution in [-0.2, 0) is 4.79 Å². The van der Waals surface area contributed by atoms with Crippen LogP contribution in [-0.4, -0.2) is 11.1 Å². The topological polar surface area (TPSA) is 37.3 Å². The quantitative estimate of drug-likeness (QED) is 0.372. The van der Waals surface area contributed by atoms with Gasteiger partial charge in [-0.1, -0.05) is 48.6 Å². The van der Waals surface area contributed by atoms with Gasteiger partial charge in [-0.15, -0.1) is 0 Å². The third kappa shape index (κ3) is 5.15. The summed E-state index contributed by atoms with van der Waals surface area (Å²) >= 11 is 0. The zero-order valence-electron chi connectivity index (χ0n) is 18.5. The van der Waals surface area contributed by atoms with Gasteiger partial charge in [0.2, 0.25) is 0 Å². The molecule has 0 radical (unpaired) electrons. The van der Waals surface area contributed by atoms with Crippen molar-refractivity contribution in [2.75, 3.05) is 0 Å². The molecule has 0 amide bonds. The molecule has 1 fully saturated rings. The van der Waals surface area contributed by atoms with E-state index >= 15 is 0 Å². The lowest BCUT2D eigenvalue weighted by Gasteiger charge is -2.56. The van der Waals surface area contributed by atoms with Gasteiger partial charge in [0.25, 0.3) is 0 Å². The van der Waals surface area contributed by atoms with Gasteiger partial charge >= 0.3 is 5.97 Å². The Kier molecular flexibility index (Phi) is 7.16. The van der Waals surface area contributed by atoms with Crippen LogP contribution in [0.5, 0.6) is 0 Å². The molecule has 0 aromatic carbocycles. The molecular weight excluding hydrogens is 332 g/mol. The molecule has 2 rings (SSSR count). The van der Waals surface area contributed by atoms with Gasteiger partial charge in [-0.2, -0.15) is 0 Å². The van der Waals surface area contributed by atoms with Crippen LogP contribution in [0, 0.1) is 16.7 Å². The van der Waals surface area contributed by atoms with Crippen LogP contribution >= 0.6 is 0 Å². The van der Waals surface area contributed by atoms with Crippen LogP contribution in [0.2, 0.25) is 0 Å². The van der Waals surface area contributed by atoms with Crippen molar-refractivity contribution >= 4 is 5.97 Å². The van der Waals surface area contributed by atoms with Crippen molar-refractivity contribution in [3.63, 3.8) is 0 Å². The normalized spacial score (nSPS) is 31.5. The number of carboxylic acids is 1. The maximum Gasteiger partial charge on any atom is 0.328 e. The van der Waals surface area contributed by atoms with Gasteiger partial charge in [0, 0.05) is 6.08 Å². The largest absolute Gasteiger partial charge is 0.478 e. The first-order valence-corrected chi connectivity index (χ1v) is 10.8. The molecule has 1 saturated carbocycles. The molecular formula is C25H40O2. The lowest BCUT2D eigenvalue weighted by molar-refractivity contribution is -0.131. The number of aliphatic carboxylic acids is 1. The Morgan fingerprint density at radius 2 is 1.93 bits per heavy atom. The smallest absolute Gasteiger partial charge is 0.328 e. The van der Waals surface area contributed by atoms with Gasteiger partial charge in [-0.3, -0.25) is 0 Å². The van der Waals surface area contributed by atoms with E-state index < -0.39 is 5.97 Å². The SMILES string of the molecule is CC(C)=CCC[C@@]1(C)CCC[C@]2(C)C(CC/C(C)=C/C(=O)O)=C(C)CC[C@@H]12. The fourth-order valence-corrected chi connectivity index (χ4v) is 6.10. The van der Waals surface area contributed by atoms with Gasteiger partial charge in [0.1, 0.15) is 0 Å². The Hall–Kier alpha value is -1.31. The van der Waals surface area contributed by atoms with Gasteiger partial charge in [0.15, 0.2) is 0 Å². The fraction of sp³-hybridized carbons (Fsp3) is 0.720. The minimum atomic E-state index is -0.824. The van der Waals surface area contributed by atoms with Crippen molar-refractivity contribution in [3.8, 4) is 0 Å². The second kappa shape index (κ2) is 8.80. The molecule has 0 aromatic heterocycles. The number of carbonyl (C=O) groups is 1. The van der Waals surface area contributed by atoms with Crippen LogP contribution < -0.4 is 0 Å². The first-order valence-electron chi connectivity index (χ1n) is 10.8. The Labute approximate surface area is 166 Å². The zero-order chi connectivity index (χ0) is 20.2. The average molecular weight is 373 g/mol.